The van der Waals surface area contributed by atoms with E-state index in [0.717, 1.165) is 19.5 Å². The van der Waals surface area contributed by atoms with Gasteiger partial charge in [0.2, 0.25) is 0 Å². The van der Waals surface area contributed by atoms with E-state index in [1.807, 2.05) is 18.2 Å². The van der Waals surface area contributed by atoms with Crippen molar-refractivity contribution in [2.45, 2.75) is 20.3 Å². The number of carbonyl (C=O) groups is 2. The molecule has 138 valence electrons. The average molecular weight is 354 g/mol. The van der Waals surface area contributed by atoms with E-state index in [0.29, 0.717) is 17.9 Å². The summed E-state index contributed by atoms with van der Waals surface area (Å²) in [4.78, 5) is 25.5. The molecule has 1 amide bonds. The van der Waals surface area contributed by atoms with Crippen LogP contribution in [0.1, 0.15) is 30.6 Å². The summed E-state index contributed by atoms with van der Waals surface area (Å²) in [5.41, 5.74) is 1.76. The first-order valence-corrected chi connectivity index (χ1v) is 8.90. The van der Waals surface area contributed by atoms with Crippen molar-refractivity contribution in [3.63, 3.8) is 0 Å². The second-order valence-electron chi connectivity index (χ2n) is 5.99. The van der Waals surface area contributed by atoms with Crippen molar-refractivity contribution in [1.29, 1.82) is 0 Å². The zero-order valence-corrected chi connectivity index (χ0v) is 15.4. The lowest BCUT2D eigenvalue weighted by atomic mass is 10.1. The van der Waals surface area contributed by atoms with Crippen LogP contribution in [0, 0.1) is 0 Å². The lowest BCUT2D eigenvalue weighted by Gasteiger charge is -2.23. The average Bonchev–Trinajstić information content (AvgIpc) is 2.67. The molecule has 0 aliphatic rings. The van der Waals surface area contributed by atoms with Gasteiger partial charge in [-0.25, -0.2) is 0 Å². The van der Waals surface area contributed by atoms with E-state index in [1.54, 1.807) is 24.3 Å². The van der Waals surface area contributed by atoms with E-state index in [1.165, 1.54) is 12.6 Å². The van der Waals surface area contributed by atoms with Crippen LogP contribution < -0.4 is 15.0 Å². The normalized spacial score (nSPS) is 10.2. The highest BCUT2D eigenvalue weighted by Gasteiger charge is 2.06. The van der Waals surface area contributed by atoms with Gasteiger partial charge >= 0.3 is 0 Å². The van der Waals surface area contributed by atoms with Gasteiger partial charge in [-0.05, 0) is 44.5 Å². The predicted octanol–water partition coefficient (Wildman–Crippen LogP) is 3.30. The number of anilines is 1. The smallest absolute Gasteiger partial charge is 0.257 e. The van der Waals surface area contributed by atoms with E-state index in [4.69, 9.17) is 4.74 Å². The Hall–Kier alpha value is -2.82. The third kappa shape index (κ3) is 6.24. The summed E-state index contributed by atoms with van der Waals surface area (Å²) in [6.45, 7) is 5.96. The van der Waals surface area contributed by atoms with Gasteiger partial charge in [-0.1, -0.05) is 30.3 Å². The first-order chi connectivity index (χ1) is 12.6. The Balaban J connectivity index is 1.69. The Morgan fingerprint density at radius 2 is 1.85 bits per heavy atom. The fraction of sp³-hybridized carbons (Fsp3) is 0.333. The molecule has 0 bridgehead atoms. The first-order valence-electron chi connectivity index (χ1n) is 8.90. The molecule has 5 nitrogen and oxygen atoms in total. The van der Waals surface area contributed by atoms with Gasteiger partial charge in [0, 0.05) is 30.9 Å². The maximum Gasteiger partial charge on any atom is 0.257 e. The number of hydrogen-bond acceptors (Lipinski definition) is 4. The molecule has 0 aliphatic carbocycles. The highest BCUT2D eigenvalue weighted by Crippen LogP contribution is 2.14. The Bertz CT molecular complexity index is 716. The van der Waals surface area contributed by atoms with E-state index < -0.39 is 0 Å². The van der Waals surface area contributed by atoms with Gasteiger partial charge in [-0.2, -0.15) is 0 Å². The fourth-order valence-corrected chi connectivity index (χ4v) is 2.61. The summed E-state index contributed by atoms with van der Waals surface area (Å²) in [7, 11) is 0. The van der Waals surface area contributed by atoms with Crippen molar-refractivity contribution in [2.24, 2.45) is 0 Å². The van der Waals surface area contributed by atoms with Crippen molar-refractivity contribution < 1.29 is 14.3 Å². The molecule has 0 heterocycles. The second-order valence-corrected chi connectivity index (χ2v) is 5.99. The molecule has 0 saturated heterocycles. The number of nitrogens with zero attached hydrogens (tertiary/aromatic N) is 1. The first kappa shape index (κ1) is 19.5. The molecule has 26 heavy (non-hydrogen) atoms. The Morgan fingerprint density at radius 1 is 1.08 bits per heavy atom. The van der Waals surface area contributed by atoms with Gasteiger partial charge in [-0.15, -0.1) is 0 Å². The van der Waals surface area contributed by atoms with Crippen LogP contribution in [0.2, 0.25) is 0 Å². The van der Waals surface area contributed by atoms with Crippen LogP contribution in [-0.2, 0) is 4.79 Å². The number of ketones is 1. The molecule has 1 N–H and O–H groups in total. The number of rotatable bonds is 10. The van der Waals surface area contributed by atoms with Crippen molar-refractivity contribution >= 4 is 17.4 Å². The van der Waals surface area contributed by atoms with Crippen LogP contribution in [-0.4, -0.2) is 37.9 Å². The SMILES string of the molecule is CCN(CCCNC(=O)COc1cccc(C(C)=O)c1)c1ccccc1. The number of hydrogen-bond donors (Lipinski definition) is 1. The molecule has 0 unspecified atom stereocenters. The molecule has 0 aromatic heterocycles. The van der Waals surface area contributed by atoms with Gasteiger partial charge < -0.3 is 15.0 Å². The number of benzene rings is 2. The number of nitrogens with one attached hydrogen (secondary N) is 1. The van der Waals surface area contributed by atoms with Gasteiger partial charge in [0.15, 0.2) is 12.4 Å². The molecule has 0 spiro atoms. The number of carbonyl (C=O) groups excluding carboxylic acids is 2. The molecule has 0 fully saturated rings. The van der Waals surface area contributed by atoms with E-state index in [-0.39, 0.29) is 18.3 Å². The summed E-state index contributed by atoms with van der Waals surface area (Å²) in [6.07, 6.45) is 0.855. The Labute approximate surface area is 155 Å². The molecule has 0 aliphatic heterocycles. The highest BCUT2D eigenvalue weighted by molar-refractivity contribution is 5.94. The number of amides is 1. The Kier molecular flexibility index (Phi) is 7.68. The van der Waals surface area contributed by atoms with Crippen LogP contribution in [0.25, 0.3) is 0 Å². The molecule has 0 atom stereocenters. The largest absolute Gasteiger partial charge is 0.484 e. The number of ether oxygens (including phenoxy) is 1. The molecule has 5 heteroatoms. The standard InChI is InChI=1S/C21H26N2O3/c1-3-23(19-10-5-4-6-11-19)14-8-13-22-21(25)16-26-20-12-7-9-18(15-20)17(2)24/h4-7,9-12,15H,3,8,13-14,16H2,1-2H3,(H,22,25). The van der Waals surface area contributed by atoms with E-state index in [9.17, 15) is 9.59 Å². The van der Waals surface area contributed by atoms with E-state index in [2.05, 4.69) is 29.3 Å². The van der Waals surface area contributed by atoms with Crippen molar-refractivity contribution in [3.8, 4) is 5.75 Å². The zero-order valence-electron chi connectivity index (χ0n) is 15.4. The summed E-state index contributed by atoms with van der Waals surface area (Å²) in [5, 5.41) is 2.86. The minimum absolute atomic E-state index is 0.0289. The maximum absolute atomic E-state index is 11.9. The molecule has 2 rings (SSSR count). The third-order valence-electron chi connectivity index (χ3n) is 4.04. The van der Waals surface area contributed by atoms with Gasteiger partial charge in [0.1, 0.15) is 5.75 Å². The van der Waals surface area contributed by atoms with Crippen molar-refractivity contribution in [1.82, 2.24) is 5.32 Å². The fourth-order valence-electron chi connectivity index (χ4n) is 2.61. The van der Waals surface area contributed by atoms with Gasteiger partial charge in [-0.3, -0.25) is 9.59 Å². The zero-order chi connectivity index (χ0) is 18.8. The quantitative estimate of drug-likeness (QED) is 0.525. The topological polar surface area (TPSA) is 58.6 Å². The summed E-state index contributed by atoms with van der Waals surface area (Å²) >= 11 is 0. The van der Waals surface area contributed by atoms with Crippen LogP contribution in [0.15, 0.2) is 54.6 Å². The molecule has 0 saturated carbocycles. The number of para-hydroxylation sites is 1. The minimum Gasteiger partial charge on any atom is -0.484 e. The van der Waals surface area contributed by atoms with Gasteiger partial charge in [0.05, 0.1) is 0 Å². The molecule has 0 radical (unpaired) electrons. The highest BCUT2D eigenvalue weighted by atomic mass is 16.5. The number of Topliss-reactive ketones (excluding diaryl/α,β-unsaturated/α-hetero) is 1. The van der Waals surface area contributed by atoms with Crippen LogP contribution in [0.5, 0.6) is 5.75 Å². The summed E-state index contributed by atoms with van der Waals surface area (Å²) in [6, 6.07) is 17.1. The van der Waals surface area contributed by atoms with E-state index >= 15 is 0 Å². The Morgan fingerprint density at radius 3 is 2.54 bits per heavy atom. The van der Waals surface area contributed by atoms with Crippen LogP contribution in [0.3, 0.4) is 0 Å². The molecule has 2 aromatic carbocycles. The van der Waals surface area contributed by atoms with Crippen LogP contribution >= 0.6 is 0 Å². The van der Waals surface area contributed by atoms with Crippen LogP contribution in [0.4, 0.5) is 5.69 Å². The molecular formula is C21H26N2O3. The molecular weight excluding hydrogens is 328 g/mol. The molecule has 2 aromatic rings. The lowest BCUT2D eigenvalue weighted by molar-refractivity contribution is -0.123. The predicted molar refractivity (Wildman–Crippen MR) is 104 cm³/mol. The van der Waals surface area contributed by atoms with Crippen molar-refractivity contribution in [2.75, 3.05) is 31.1 Å². The van der Waals surface area contributed by atoms with Gasteiger partial charge in [0.25, 0.3) is 5.91 Å². The van der Waals surface area contributed by atoms with Crippen molar-refractivity contribution in [3.05, 3.63) is 60.2 Å². The summed E-state index contributed by atoms with van der Waals surface area (Å²) < 4.78 is 5.45. The summed E-state index contributed by atoms with van der Waals surface area (Å²) in [5.74, 6) is 0.328. The third-order valence-corrected chi connectivity index (χ3v) is 4.04. The second kappa shape index (κ2) is 10.2. The minimum atomic E-state index is -0.166. The lowest BCUT2D eigenvalue weighted by Crippen LogP contribution is -2.32. The monoisotopic (exact) mass is 354 g/mol. The maximum atomic E-state index is 11.9.